The average molecular weight is 462 g/mol. The Balaban J connectivity index is 1.61. The summed E-state index contributed by atoms with van der Waals surface area (Å²) >= 11 is 0. The second-order valence-electron chi connectivity index (χ2n) is 8.32. The molecule has 1 aromatic heterocycles. The van der Waals surface area contributed by atoms with Crippen LogP contribution in [-0.4, -0.2) is 33.6 Å². The van der Waals surface area contributed by atoms with Gasteiger partial charge in [0, 0.05) is 36.8 Å². The van der Waals surface area contributed by atoms with Gasteiger partial charge in [-0.1, -0.05) is 0 Å². The number of carbonyl (C=O) groups excluding carboxylic acids is 3. The van der Waals surface area contributed by atoms with Crippen molar-refractivity contribution in [3.63, 3.8) is 0 Å². The number of aromatic nitrogens is 1. The molecule has 2 heterocycles. The van der Waals surface area contributed by atoms with Crippen LogP contribution in [0.25, 0.3) is 0 Å². The number of carbonyl (C=O) groups is 3. The summed E-state index contributed by atoms with van der Waals surface area (Å²) in [6.45, 7) is 1.85. The summed E-state index contributed by atoms with van der Waals surface area (Å²) in [5.74, 6) is -8.24. The molecule has 4 rings (SSSR count). The third kappa shape index (κ3) is 3.86. The fourth-order valence-electron chi connectivity index (χ4n) is 4.49. The van der Waals surface area contributed by atoms with E-state index in [0.29, 0.717) is 25.1 Å². The summed E-state index contributed by atoms with van der Waals surface area (Å²) < 4.78 is 54.8. The quantitative estimate of drug-likeness (QED) is 0.404. The van der Waals surface area contributed by atoms with E-state index >= 15 is 0 Å². The summed E-state index contributed by atoms with van der Waals surface area (Å²) in [6.07, 6.45) is -0.777. The maximum Gasteiger partial charge on any atom is 0.293 e. The molecule has 1 fully saturated rings. The molecule has 2 N–H and O–H groups in total. The molecule has 2 aliphatic rings. The highest BCUT2D eigenvalue weighted by atomic mass is 19.3. The van der Waals surface area contributed by atoms with Crippen molar-refractivity contribution in [1.82, 2.24) is 9.88 Å². The Hall–Kier alpha value is -3.68. The lowest BCUT2D eigenvalue weighted by Crippen LogP contribution is -2.62. The molecule has 0 spiro atoms. The number of alkyl halides is 2. The van der Waals surface area contributed by atoms with Crippen molar-refractivity contribution < 1.29 is 31.9 Å². The molecule has 2 aromatic rings. The Morgan fingerprint density at radius 1 is 1.15 bits per heavy atom. The van der Waals surface area contributed by atoms with Crippen LogP contribution in [0.2, 0.25) is 0 Å². The van der Waals surface area contributed by atoms with Crippen LogP contribution in [0.15, 0.2) is 18.2 Å². The van der Waals surface area contributed by atoms with Crippen LogP contribution in [0, 0.1) is 29.9 Å². The number of hydrogen-bond acceptors (Lipinski definition) is 4. The van der Waals surface area contributed by atoms with Gasteiger partial charge in [-0.05, 0) is 37.5 Å². The molecule has 1 aliphatic carbocycles. The van der Waals surface area contributed by atoms with Gasteiger partial charge in [0.15, 0.2) is 11.6 Å². The minimum atomic E-state index is -3.09. The standard InChI is InChI=1S/C22H18F4N4O3/c1-11-16(18(31)20(33)29-21(10-27)8-22(25,26)9-21)15-3-2-6-30(15)17(11)19(32)28-12-4-5-13(23)14(24)7-12/h4-5,7H,2-3,6,8-9H2,1H3,(H,28,32)(H,29,33). The predicted molar refractivity (Wildman–Crippen MR) is 107 cm³/mol. The van der Waals surface area contributed by atoms with Crippen molar-refractivity contribution >= 4 is 23.3 Å². The zero-order valence-corrected chi connectivity index (χ0v) is 17.4. The maximum absolute atomic E-state index is 13.5. The molecule has 1 aliphatic heterocycles. The topological polar surface area (TPSA) is 104 Å². The Morgan fingerprint density at radius 3 is 2.45 bits per heavy atom. The van der Waals surface area contributed by atoms with E-state index < -0.39 is 53.5 Å². The molecule has 2 amide bonds. The fourth-order valence-corrected chi connectivity index (χ4v) is 4.49. The Kier molecular flexibility index (Phi) is 5.27. The summed E-state index contributed by atoms with van der Waals surface area (Å²) in [6, 6.07) is 4.49. The van der Waals surface area contributed by atoms with Gasteiger partial charge in [-0.25, -0.2) is 17.6 Å². The Bertz CT molecular complexity index is 1240. The van der Waals surface area contributed by atoms with Crippen molar-refractivity contribution in [1.29, 1.82) is 5.26 Å². The number of ketones is 1. The molecule has 7 nitrogen and oxygen atoms in total. The summed E-state index contributed by atoms with van der Waals surface area (Å²) in [7, 11) is 0. The van der Waals surface area contributed by atoms with E-state index in [9.17, 15) is 37.2 Å². The number of fused-ring (bicyclic) bond motifs is 1. The summed E-state index contributed by atoms with van der Waals surface area (Å²) in [5.41, 5.74) is -1.14. The first-order valence-corrected chi connectivity index (χ1v) is 10.1. The fraction of sp³-hybridized carbons (Fsp3) is 0.364. The van der Waals surface area contributed by atoms with Crippen molar-refractivity contribution in [3.05, 3.63) is 52.3 Å². The molecule has 1 saturated carbocycles. The third-order valence-electron chi connectivity index (χ3n) is 5.92. The van der Waals surface area contributed by atoms with Gasteiger partial charge in [0.25, 0.3) is 23.5 Å². The molecule has 1 aromatic carbocycles. The molecule has 33 heavy (non-hydrogen) atoms. The van der Waals surface area contributed by atoms with Crippen LogP contribution in [0.5, 0.6) is 0 Å². The monoisotopic (exact) mass is 462 g/mol. The van der Waals surface area contributed by atoms with Gasteiger partial charge >= 0.3 is 0 Å². The largest absolute Gasteiger partial charge is 0.340 e. The van der Waals surface area contributed by atoms with Crippen LogP contribution in [-0.2, 0) is 17.8 Å². The maximum atomic E-state index is 13.5. The van der Waals surface area contributed by atoms with Crippen molar-refractivity contribution in [3.8, 4) is 6.07 Å². The summed E-state index contributed by atoms with van der Waals surface area (Å²) in [5, 5.41) is 13.8. The Morgan fingerprint density at radius 2 is 1.85 bits per heavy atom. The van der Waals surface area contributed by atoms with E-state index in [0.717, 1.165) is 12.1 Å². The lowest BCUT2D eigenvalue weighted by molar-refractivity contribution is -0.134. The molecule has 0 unspecified atom stereocenters. The number of anilines is 1. The van der Waals surface area contributed by atoms with Gasteiger partial charge in [0.05, 0.1) is 11.6 Å². The van der Waals surface area contributed by atoms with E-state index in [-0.39, 0.29) is 22.5 Å². The first-order valence-electron chi connectivity index (χ1n) is 10.1. The highest BCUT2D eigenvalue weighted by Crippen LogP contribution is 2.45. The molecular formula is C22H18F4N4O3. The van der Waals surface area contributed by atoms with Crippen LogP contribution < -0.4 is 10.6 Å². The van der Waals surface area contributed by atoms with Gasteiger partial charge in [0.1, 0.15) is 11.2 Å². The number of nitrogens with zero attached hydrogens (tertiary/aromatic N) is 2. The molecule has 0 radical (unpaired) electrons. The SMILES string of the molecule is Cc1c(C(=O)C(=O)NC2(C#N)CC(F)(F)C2)c2n(c1C(=O)Nc1ccc(F)c(F)c1)CCC2. The number of benzene rings is 1. The highest BCUT2D eigenvalue weighted by molar-refractivity contribution is 6.44. The zero-order valence-electron chi connectivity index (χ0n) is 17.4. The molecule has 0 atom stereocenters. The molecular weight excluding hydrogens is 444 g/mol. The van der Waals surface area contributed by atoms with E-state index in [1.54, 1.807) is 10.6 Å². The number of Topliss-reactive ketones (excluding diaryl/α,β-unsaturated/α-hetero) is 1. The number of rotatable bonds is 5. The van der Waals surface area contributed by atoms with Crippen molar-refractivity contribution in [2.75, 3.05) is 5.32 Å². The van der Waals surface area contributed by atoms with Crippen LogP contribution in [0.3, 0.4) is 0 Å². The molecule has 11 heteroatoms. The van der Waals surface area contributed by atoms with Gasteiger partial charge in [-0.2, -0.15) is 5.26 Å². The number of amides is 2. The number of hydrogen-bond donors (Lipinski definition) is 2. The van der Waals surface area contributed by atoms with E-state index in [1.807, 2.05) is 0 Å². The highest BCUT2D eigenvalue weighted by Gasteiger charge is 2.58. The van der Waals surface area contributed by atoms with Crippen LogP contribution >= 0.6 is 0 Å². The van der Waals surface area contributed by atoms with Crippen LogP contribution in [0.1, 0.15) is 51.4 Å². The lowest BCUT2D eigenvalue weighted by Gasteiger charge is -2.42. The smallest absolute Gasteiger partial charge is 0.293 e. The first kappa shape index (κ1) is 22.5. The number of halogens is 4. The van der Waals surface area contributed by atoms with E-state index in [1.165, 1.54) is 13.0 Å². The molecule has 0 bridgehead atoms. The van der Waals surface area contributed by atoms with Gasteiger partial charge in [0.2, 0.25) is 0 Å². The van der Waals surface area contributed by atoms with Gasteiger partial charge < -0.3 is 15.2 Å². The zero-order chi connectivity index (χ0) is 24.1. The first-order chi connectivity index (χ1) is 15.5. The third-order valence-corrected chi connectivity index (χ3v) is 5.92. The predicted octanol–water partition coefficient (Wildman–Crippen LogP) is 3.26. The lowest BCUT2D eigenvalue weighted by atomic mass is 9.74. The number of nitrogens with one attached hydrogen (secondary N) is 2. The second kappa shape index (κ2) is 7.72. The van der Waals surface area contributed by atoms with E-state index in [4.69, 9.17) is 0 Å². The van der Waals surface area contributed by atoms with E-state index in [2.05, 4.69) is 10.6 Å². The number of nitriles is 1. The normalized spacial score (nSPS) is 17.5. The van der Waals surface area contributed by atoms with Crippen molar-refractivity contribution in [2.24, 2.45) is 0 Å². The second-order valence-corrected chi connectivity index (χ2v) is 8.32. The summed E-state index contributed by atoms with van der Waals surface area (Å²) in [4.78, 5) is 38.4. The van der Waals surface area contributed by atoms with Crippen molar-refractivity contribution in [2.45, 2.75) is 50.6 Å². The minimum Gasteiger partial charge on any atom is -0.340 e. The molecule has 0 saturated heterocycles. The molecule has 172 valence electrons. The van der Waals surface area contributed by atoms with Gasteiger partial charge in [-0.15, -0.1) is 0 Å². The van der Waals surface area contributed by atoms with Crippen LogP contribution in [0.4, 0.5) is 23.2 Å². The average Bonchev–Trinajstić information content (AvgIpc) is 3.27. The minimum absolute atomic E-state index is 0.000611. The Labute approximate surface area is 185 Å². The van der Waals surface area contributed by atoms with Gasteiger partial charge in [-0.3, -0.25) is 14.4 Å².